The molecule has 0 spiro atoms. The van der Waals surface area contributed by atoms with Crippen molar-refractivity contribution in [1.82, 2.24) is 15.5 Å². The molecule has 1 aromatic rings. The summed E-state index contributed by atoms with van der Waals surface area (Å²) in [5.41, 5.74) is 0.222. The summed E-state index contributed by atoms with van der Waals surface area (Å²) in [6.45, 7) is 3.04. The van der Waals surface area contributed by atoms with E-state index in [9.17, 15) is 14.4 Å². The number of rotatable bonds is 10. The lowest BCUT2D eigenvalue weighted by Gasteiger charge is -2.36. The van der Waals surface area contributed by atoms with E-state index in [1.54, 1.807) is 0 Å². The number of carbonyl (C=O) groups is 3. The van der Waals surface area contributed by atoms with Gasteiger partial charge < -0.3 is 29.2 Å². The maximum atomic E-state index is 12.9. The van der Waals surface area contributed by atoms with Crippen molar-refractivity contribution in [1.29, 1.82) is 0 Å². The predicted molar refractivity (Wildman–Crippen MR) is 125 cm³/mol. The minimum Gasteiger partial charge on any atom is -0.493 e. The second-order valence-electron chi connectivity index (χ2n) is 7.31. The number of methoxy groups -OCH3 is 3. The lowest BCUT2D eigenvalue weighted by atomic mass is 10.1. The third-order valence-corrected chi connectivity index (χ3v) is 5.45. The number of ether oxygens (including phenoxy) is 4. The normalized spacial score (nSPS) is 15.3. The first-order valence-corrected chi connectivity index (χ1v) is 11.1. The molecule has 0 saturated carbocycles. The number of unbranched alkanes of at least 4 members (excludes halogenated alkanes) is 2. The van der Waals surface area contributed by atoms with Crippen molar-refractivity contribution in [2.75, 3.05) is 41.0 Å². The van der Waals surface area contributed by atoms with Crippen molar-refractivity contribution in [3.63, 3.8) is 0 Å². The van der Waals surface area contributed by atoms with Crippen LogP contribution in [-0.2, 0) is 14.3 Å². The molecule has 1 unspecified atom stereocenters. The highest BCUT2D eigenvalue weighted by Crippen LogP contribution is 2.38. The van der Waals surface area contributed by atoms with Gasteiger partial charge in [-0.3, -0.25) is 19.7 Å². The first-order valence-electron chi connectivity index (χ1n) is 10.7. The Kier molecular flexibility index (Phi) is 10.2. The summed E-state index contributed by atoms with van der Waals surface area (Å²) in [6.07, 6.45) is 2.57. The van der Waals surface area contributed by atoms with E-state index >= 15 is 0 Å². The van der Waals surface area contributed by atoms with Gasteiger partial charge in [-0.15, -0.1) is 0 Å². The van der Waals surface area contributed by atoms with Crippen LogP contribution in [0.15, 0.2) is 12.1 Å². The van der Waals surface area contributed by atoms with E-state index in [-0.39, 0.29) is 23.0 Å². The molecule has 0 aliphatic carbocycles. The molecule has 1 atom stereocenters. The van der Waals surface area contributed by atoms with Gasteiger partial charge in [0, 0.05) is 18.7 Å². The van der Waals surface area contributed by atoms with Gasteiger partial charge in [0.15, 0.2) is 16.6 Å². The van der Waals surface area contributed by atoms with Crippen LogP contribution in [0.2, 0.25) is 0 Å². The molecule has 182 valence electrons. The molecular formula is C22H31N3O7S. The zero-order valence-corrected chi connectivity index (χ0v) is 20.2. The number of hydrogen-bond acceptors (Lipinski definition) is 8. The number of thiocarbonyl (C=S) groups is 1. The number of carbonyl (C=O) groups excluding carboxylic acids is 3. The topological polar surface area (TPSA) is 115 Å². The van der Waals surface area contributed by atoms with E-state index in [1.165, 1.54) is 38.4 Å². The van der Waals surface area contributed by atoms with Gasteiger partial charge in [-0.1, -0.05) is 19.8 Å². The number of amides is 2. The van der Waals surface area contributed by atoms with Gasteiger partial charge >= 0.3 is 5.97 Å². The summed E-state index contributed by atoms with van der Waals surface area (Å²) in [4.78, 5) is 39.1. The molecule has 11 heteroatoms. The molecule has 2 rings (SSSR count). The quantitative estimate of drug-likeness (QED) is 0.292. The van der Waals surface area contributed by atoms with Gasteiger partial charge in [0.1, 0.15) is 6.04 Å². The smallest absolute Gasteiger partial charge is 0.308 e. The molecular weight excluding hydrogens is 450 g/mol. The zero-order chi connectivity index (χ0) is 24.4. The Morgan fingerprint density at radius 1 is 1.15 bits per heavy atom. The fraction of sp³-hybridized carbons (Fsp3) is 0.545. The Balaban J connectivity index is 2.10. The fourth-order valence-electron chi connectivity index (χ4n) is 3.37. The van der Waals surface area contributed by atoms with E-state index in [4.69, 9.17) is 31.2 Å². The molecule has 0 aromatic heterocycles. The molecule has 10 nitrogen and oxygen atoms in total. The Hall–Kier alpha value is -3.08. The van der Waals surface area contributed by atoms with E-state index in [1.807, 2.05) is 0 Å². The van der Waals surface area contributed by atoms with Crippen LogP contribution in [0, 0.1) is 0 Å². The average Bonchev–Trinajstić information content (AvgIpc) is 2.81. The molecule has 0 bridgehead atoms. The maximum absolute atomic E-state index is 12.9. The van der Waals surface area contributed by atoms with E-state index in [2.05, 4.69) is 17.6 Å². The standard InChI is InChI=1S/C22H31N3O7S/c1-5-6-7-10-32-18(26)13-15-21(28)23-8-9-25(15)22(33)24-20(27)14-11-16(29-2)19(31-4)17(12-14)30-3/h11-12,15H,5-10,13H2,1-4H3,(H,23,28)(H,24,27,33). The van der Waals surface area contributed by atoms with Crippen LogP contribution in [0.3, 0.4) is 0 Å². The Labute approximate surface area is 198 Å². The summed E-state index contributed by atoms with van der Waals surface area (Å²) >= 11 is 5.40. The summed E-state index contributed by atoms with van der Waals surface area (Å²) in [5, 5.41) is 5.38. The highest BCUT2D eigenvalue weighted by Gasteiger charge is 2.34. The SMILES string of the molecule is CCCCCOC(=O)CC1C(=O)NCCN1C(=S)NC(=O)c1cc(OC)c(OC)c(OC)c1. The number of hydrogen-bond donors (Lipinski definition) is 2. The first-order chi connectivity index (χ1) is 15.9. The summed E-state index contributed by atoms with van der Waals surface area (Å²) in [5.74, 6) is -0.383. The van der Waals surface area contributed by atoms with E-state index in [0.29, 0.717) is 36.9 Å². The summed E-state index contributed by atoms with van der Waals surface area (Å²) < 4.78 is 21.1. The van der Waals surface area contributed by atoms with Crippen LogP contribution in [0.25, 0.3) is 0 Å². The van der Waals surface area contributed by atoms with Gasteiger partial charge in [0.2, 0.25) is 11.7 Å². The monoisotopic (exact) mass is 481 g/mol. The van der Waals surface area contributed by atoms with Crippen molar-refractivity contribution < 1.29 is 33.3 Å². The second kappa shape index (κ2) is 12.8. The molecule has 1 aliphatic rings. The molecule has 1 aromatic carbocycles. The Morgan fingerprint density at radius 2 is 1.82 bits per heavy atom. The number of benzene rings is 1. The average molecular weight is 482 g/mol. The molecule has 1 saturated heterocycles. The first kappa shape index (κ1) is 26.2. The molecule has 2 N–H and O–H groups in total. The third kappa shape index (κ3) is 6.95. The van der Waals surface area contributed by atoms with Gasteiger partial charge in [-0.05, 0) is 30.8 Å². The number of nitrogens with zero attached hydrogens (tertiary/aromatic N) is 1. The highest BCUT2D eigenvalue weighted by molar-refractivity contribution is 7.80. The summed E-state index contributed by atoms with van der Waals surface area (Å²) in [6, 6.07) is 2.12. The number of esters is 1. The lowest BCUT2D eigenvalue weighted by molar-refractivity contribution is -0.147. The van der Waals surface area contributed by atoms with Gasteiger partial charge in [-0.25, -0.2) is 0 Å². The van der Waals surface area contributed by atoms with E-state index < -0.39 is 17.9 Å². The highest BCUT2D eigenvalue weighted by atomic mass is 32.1. The Bertz CT molecular complexity index is 853. The van der Waals surface area contributed by atoms with Crippen molar-refractivity contribution in [2.24, 2.45) is 0 Å². The van der Waals surface area contributed by atoms with Gasteiger partial charge in [0.05, 0.1) is 34.4 Å². The number of nitrogens with one attached hydrogen (secondary N) is 2. The van der Waals surface area contributed by atoms with Crippen molar-refractivity contribution >= 4 is 35.1 Å². The number of piperazine rings is 1. The minimum absolute atomic E-state index is 0.0346. The molecule has 1 heterocycles. The molecule has 0 radical (unpaired) electrons. The van der Waals surface area contributed by atoms with Crippen LogP contribution >= 0.6 is 12.2 Å². The van der Waals surface area contributed by atoms with Crippen molar-refractivity contribution in [3.05, 3.63) is 17.7 Å². The van der Waals surface area contributed by atoms with Crippen molar-refractivity contribution in [3.8, 4) is 17.2 Å². The largest absolute Gasteiger partial charge is 0.493 e. The predicted octanol–water partition coefficient (Wildman–Crippen LogP) is 1.65. The van der Waals surface area contributed by atoms with Gasteiger partial charge in [0.25, 0.3) is 5.91 Å². The molecule has 33 heavy (non-hydrogen) atoms. The van der Waals surface area contributed by atoms with Gasteiger partial charge in [-0.2, -0.15) is 0 Å². The molecule has 1 fully saturated rings. The fourth-order valence-corrected chi connectivity index (χ4v) is 3.68. The van der Waals surface area contributed by atoms with Crippen LogP contribution in [-0.4, -0.2) is 74.9 Å². The Morgan fingerprint density at radius 3 is 2.39 bits per heavy atom. The lowest BCUT2D eigenvalue weighted by Crippen LogP contribution is -2.60. The zero-order valence-electron chi connectivity index (χ0n) is 19.4. The second-order valence-corrected chi connectivity index (χ2v) is 7.69. The maximum Gasteiger partial charge on any atom is 0.308 e. The van der Waals surface area contributed by atoms with Crippen LogP contribution in [0.4, 0.5) is 0 Å². The summed E-state index contributed by atoms with van der Waals surface area (Å²) in [7, 11) is 4.36. The molecule has 1 aliphatic heterocycles. The van der Waals surface area contributed by atoms with Crippen LogP contribution < -0.4 is 24.8 Å². The van der Waals surface area contributed by atoms with E-state index in [0.717, 1.165) is 19.3 Å². The van der Waals surface area contributed by atoms with Crippen molar-refractivity contribution in [2.45, 2.75) is 38.6 Å². The third-order valence-electron chi connectivity index (χ3n) is 5.11. The van der Waals surface area contributed by atoms with Crippen LogP contribution in [0.1, 0.15) is 43.0 Å². The molecule has 2 amide bonds. The minimum atomic E-state index is -0.870. The van der Waals surface area contributed by atoms with Crippen LogP contribution in [0.5, 0.6) is 17.2 Å².